The van der Waals surface area contributed by atoms with Crippen molar-refractivity contribution in [1.29, 1.82) is 0 Å². The quantitative estimate of drug-likeness (QED) is 0.177. The van der Waals surface area contributed by atoms with Crippen LogP contribution in [0.3, 0.4) is 0 Å². The Hall–Kier alpha value is -6.30. The van der Waals surface area contributed by atoms with Crippen LogP contribution in [0.15, 0.2) is 173 Å². The van der Waals surface area contributed by atoms with Crippen LogP contribution in [0.4, 0.5) is 34.1 Å². The molecule has 5 heteroatoms. The van der Waals surface area contributed by atoms with E-state index in [2.05, 4.69) is 168 Å². The number of para-hydroxylation sites is 3. The molecule has 0 bridgehead atoms. The van der Waals surface area contributed by atoms with Crippen LogP contribution in [0.1, 0.15) is 5.56 Å². The SMILES string of the molecule is Cc1cccc(N(c2ccc3c(c2)sc2oc4ccc(N(c5ccccc5)c5ccccc5)cc4c23)c2ccc3oc4ccccc4c3c2)c1. The van der Waals surface area contributed by atoms with Gasteiger partial charge in [0.2, 0.25) is 0 Å². The molecule has 10 aromatic rings. The monoisotopic (exact) mass is 662 g/mol. The highest BCUT2D eigenvalue weighted by Crippen LogP contribution is 2.46. The van der Waals surface area contributed by atoms with Gasteiger partial charge in [-0.3, -0.25) is 0 Å². The molecule has 0 amide bonds. The van der Waals surface area contributed by atoms with E-state index in [-0.39, 0.29) is 0 Å². The first kappa shape index (κ1) is 28.7. The van der Waals surface area contributed by atoms with Gasteiger partial charge in [0.05, 0.1) is 0 Å². The zero-order chi connectivity index (χ0) is 33.2. The van der Waals surface area contributed by atoms with Gasteiger partial charge in [-0.05, 0) is 103 Å². The van der Waals surface area contributed by atoms with E-state index < -0.39 is 0 Å². The number of hydrogen-bond donors (Lipinski definition) is 0. The smallest absolute Gasteiger partial charge is 0.190 e. The predicted octanol–water partition coefficient (Wildman–Crippen LogP) is 13.9. The van der Waals surface area contributed by atoms with Crippen LogP contribution >= 0.6 is 11.3 Å². The number of fused-ring (bicyclic) bond motifs is 8. The summed E-state index contributed by atoms with van der Waals surface area (Å²) < 4.78 is 13.9. The second-order valence-electron chi connectivity index (χ2n) is 12.7. The Balaban J connectivity index is 1.13. The van der Waals surface area contributed by atoms with E-state index >= 15 is 0 Å². The molecule has 0 saturated heterocycles. The minimum absolute atomic E-state index is 0.887. The zero-order valence-corrected chi connectivity index (χ0v) is 28.0. The van der Waals surface area contributed by atoms with Gasteiger partial charge in [-0.2, -0.15) is 0 Å². The number of hydrogen-bond acceptors (Lipinski definition) is 5. The largest absolute Gasteiger partial charge is 0.456 e. The van der Waals surface area contributed by atoms with Crippen LogP contribution in [0, 0.1) is 6.92 Å². The van der Waals surface area contributed by atoms with Gasteiger partial charge in [-0.25, -0.2) is 0 Å². The van der Waals surface area contributed by atoms with Crippen LogP contribution in [-0.4, -0.2) is 0 Å². The Bertz CT molecular complexity index is 2810. The van der Waals surface area contributed by atoms with Crippen LogP contribution < -0.4 is 9.80 Å². The van der Waals surface area contributed by atoms with E-state index in [1.54, 1.807) is 11.3 Å². The van der Waals surface area contributed by atoms with E-state index in [0.29, 0.717) is 0 Å². The first-order chi connectivity index (χ1) is 24.7. The van der Waals surface area contributed by atoms with E-state index in [1.165, 1.54) is 15.6 Å². The molecule has 0 saturated carbocycles. The molecule has 0 unspecified atom stereocenters. The number of thiophene rings is 1. The average Bonchev–Trinajstić information content (AvgIpc) is 3.82. The summed E-state index contributed by atoms with van der Waals surface area (Å²) in [7, 11) is 0. The maximum atomic E-state index is 6.53. The molecule has 0 aliphatic carbocycles. The van der Waals surface area contributed by atoms with Crippen molar-refractivity contribution < 1.29 is 8.83 Å². The molecule has 7 aromatic carbocycles. The highest BCUT2D eigenvalue weighted by molar-refractivity contribution is 7.25. The van der Waals surface area contributed by atoms with Crippen molar-refractivity contribution >= 4 is 98.7 Å². The molecule has 0 spiro atoms. The van der Waals surface area contributed by atoms with Gasteiger partial charge in [-0.15, -0.1) is 0 Å². The highest BCUT2D eigenvalue weighted by Gasteiger charge is 2.21. The van der Waals surface area contributed by atoms with Crippen molar-refractivity contribution in [2.45, 2.75) is 6.92 Å². The van der Waals surface area contributed by atoms with Gasteiger partial charge >= 0.3 is 0 Å². The number of aryl methyl sites for hydroxylation is 1. The lowest BCUT2D eigenvalue weighted by atomic mass is 10.1. The maximum Gasteiger partial charge on any atom is 0.190 e. The number of benzene rings is 7. The van der Waals surface area contributed by atoms with Crippen molar-refractivity contribution in [3.63, 3.8) is 0 Å². The minimum Gasteiger partial charge on any atom is -0.456 e. The number of furan rings is 2. The molecule has 0 N–H and O–H groups in total. The summed E-state index contributed by atoms with van der Waals surface area (Å²) in [4.78, 5) is 5.57. The van der Waals surface area contributed by atoms with Gasteiger partial charge in [0, 0.05) is 65.8 Å². The van der Waals surface area contributed by atoms with E-state index in [4.69, 9.17) is 8.83 Å². The summed E-state index contributed by atoms with van der Waals surface area (Å²) in [6, 6.07) is 57.7. The minimum atomic E-state index is 0.887. The molecule has 0 radical (unpaired) electrons. The molecule has 3 heterocycles. The first-order valence-electron chi connectivity index (χ1n) is 16.8. The van der Waals surface area contributed by atoms with Gasteiger partial charge in [0.25, 0.3) is 0 Å². The lowest BCUT2D eigenvalue weighted by Crippen LogP contribution is -2.09. The molecule has 3 aromatic heterocycles. The molecule has 0 aliphatic rings. The zero-order valence-electron chi connectivity index (χ0n) is 27.2. The van der Waals surface area contributed by atoms with Crippen LogP contribution in [0.5, 0.6) is 0 Å². The van der Waals surface area contributed by atoms with Gasteiger partial charge in [-0.1, -0.05) is 84.1 Å². The van der Waals surface area contributed by atoms with E-state index in [9.17, 15) is 0 Å². The molecule has 238 valence electrons. The molecule has 4 nitrogen and oxygen atoms in total. The Morgan fingerprint density at radius 3 is 1.70 bits per heavy atom. The fraction of sp³-hybridized carbons (Fsp3) is 0.0222. The van der Waals surface area contributed by atoms with Crippen molar-refractivity contribution in [2.24, 2.45) is 0 Å². The van der Waals surface area contributed by atoms with Gasteiger partial charge < -0.3 is 18.6 Å². The molecular formula is C45H30N2O2S. The molecule has 10 rings (SSSR count). The van der Waals surface area contributed by atoms with E-state index in [1.807, 2.05) is 12.1 Å². The van der Waals surface area contributed by atoms with E-state index in [0.717, 1.165) is 77.3 Å². The second kappa shape index (κ2) is 11.4. The molecular weight excluding hydrogens is 633 g/mol. The Morgan fingerprint density at radius 2 is 0.960 bits per heavy atom. The lowest BCUT2D eigenvalue weighted by molar-refractivity contribution is 0.669. The van der Waals surface area contributed by atoms with Crippen LogP contribution in [0.2, 0.25) is 0 Å². The third kappa shape index (κ3) is 4.66. The summed E-state index contributed by atoms with van der Waals surface area (Å²) in [6.07, 6.45) is 0. The van der Waals surface area contributed by atoms with Crippen molar-refractivity contribution in [3.05, 3.63) is 169 Å². The second-order valence-corrected chi connectivity index (χ2v) is 13.7. The van der Waals surface area contributed by atoms with Crippen molar-refractivity contribution in [2.75, 3.05) is 9.80 Å². The third-order valence-corrected chi connectivity index (χ3v) is 10.5. The fourth-order valence-corrected chi connectivity index (χ4v) is 8.35. The average molecular weight is 663 g/mol. The number of nitrogens with zero attached hydrogens (tertiary/aromatic N) is 2. The van der Waals surface area contributed by atoms with Gasteiger partial charge in [0.15, 0.2) is 4.90 Å². The summed E-state index contributed by atoms with van der Waals surface area (Å²) in [5.74, 6) is 0. The standard InChI is InChI=1S/C45H30N2O2S/c1-29-11-10-16-32(25-29)47(33-20-23-41-38(26-33)36-17-8-9-18-40(36)48-41)35-19-22-37-43(28-35)50-45-44(37)39-27-34(21-24-42(39)49-45)46(30-12-4-2-5-13-30)31-14-6-3-7-15-31/h2-28H,1H3. The van der Waals surface area contributed by atoms with Crippen molar-refractivity contribution in [3.8, 4) is 0 Å². The molecule has 0 aliphatic heterocycles. The summed E-state index contributed by atoms with van der Waals surface area (Å²) in [5.41, 5.74) is 10.5. The molecule has 0 fully saturated rings. The first-order valence-corrected chi connectivity index (χ1v) is 17.6. The third-order valence-electron chi connectivity index (χ3n) is 9.50. The molecule has 50 heavy (non-hydrogen) atoms. The Morgan fingerprint density at radius 1 is 0.400 bits per heavy atom. The summed E-state index contributed by atoms with van der Waals surface area (Å²) in [6.45, 7) is 2.14. The topological polar surface area (TPSA) is 32.8 Å². The number of anilines is 6. The summed E-state index contributed by atoms with van der Waals surface area (Å²) in [5, 5.41) is 5.68. The van der Waals surface area contributed by atoms with Gasteiger partial charge in [0.1, 0.15) is 16.7 Å². The van der Waals surface area contributed by atoms with Crippen LogP contribution in [-0.2, 0) is 0 Å². The number of rotatable bonds is 6. The lowest BCUT2D eigenvalue weighted by Gasteiger charge is -2.26. The van der Waals surface area contributed by atoms with Crippen LogP contribution in [0.25, 0.3) is 53.3 Å². The van der Waals surface area contributed by atoms with Crippen molar-refractivity contribution in [1.82, 2.24) is 0 Å². The Labute approximate surface area is 292 Å². The predicted molar refractivity (Wildman–Crippen MR) is 210 cm³/mol. The maximum absolute atomic E-state index is 6.53. The molecule has 0 atom stereocenters. The summed E-state index contributed by atoms with van der Waals surface area (Å²) >= 11 is 1.70. The Kier molecular flexibility index (Phi) is 6.54. The fourth-order valence-electron chi connectivity index (χ4n) is 7.24. The normalized spacial score (nSPS) is 11.7. The highest BCUT2D eigenvalue weighted by atomic mass is 32.1.